The van der Waals surface area contributed by atoms with Gasteiger partial charge in [0.15, 0.2) is 0 Å². The van der Waals surface area contributed by atoms with E-state index in [1.165, 1.54) is 36.4 Å². The van der Waals surface area contributed by atoms with E-state index in [1.54, 1.807) is 12.1 Å². The van der Waals surface area contributed by atoms with E-state index in [4.69, 9.17) is 0 Å². The van der Waals surface area contributed by atoms with Gasteiger partial charge in [-0.2, -0.15) is 68.4 Å². The van der Waals surface area contributed by atoms with Crippen LogP contribution in [0.5, 0.6) is 0 Å². The van der Waals surface area contributed by atoms with Gasteiger partial charge in [0.25, 0.3) is 0 Å². The Bertz CT molecular complexity index is 2350. The molecule has 2 aliphatic rings. The Kier molecular flexibility index (Phi) is 8.07. The summed E-state index contributed by atoms with van der Waals surface area (Å²) in [4.78, 5) is 0. The molecule has 14 heteroatoms. The number of allylic oxidation sites excluding steroid dienone is 8. The predicted molar refractivity (Wildman–Crippen MR) is 160 cm³/mol. The van der Waals surface area contributed by atoms with E-state index < -0.39 is 90.3 Å². The third-order valence-corrected chi connectivity index (χ3v) is 7.84. The number of alkyl halides is 6. The number of hydrogen-bond acceptors (Lipinski definition) is 8. The first kappa shape index (κ1) is 33.5. The maximum absolute atomic E-state index is 15.5. The van der Waals surface area contributed by atoms with Crippen molar-refractivity contribution in [2.75, 3.05) is 0 Å². The van der Waals surface area contributed by atoms with Crippen LogP contribution < -0.4 is 0 Å². The maximum atomic E-state index is 15.5. The average molecular weight is 667 g/mol. The number of benzene rings is 3. The van der Waals surface area contributed by atoms with Crippen LogP contribution in [0.3, 0.4) is 0 Å². The normalized spacial score (nSPS) is 13.0. The van der Waals surface area contributed by atoms with Crippen molar-refractivity contribution >= 4 is 33.4 Å². The fourth-order valence-corrected chi connectivity index (χ4v) is 6.06. The van der Waals surface area contributed by atoms with Crippen LogP contribution in [0.4, 0.5) is 26.3 Å². The summed E-state index contributed by atoms with van der Waals surface area (Å²) in [5.41, 5.74) is -17.4. The van der Waals surface area contributed by atoms with Gasteiger partial charge >= 0.3 is 12.4 Å². The lowest BCUT2D eigenvalue weighted by Gasteiger charge is -2.24. The van der Waals surface area contributed by atoms with Crippen LogP contribution >= 0.6 is 0 Å². The highest BCUT2D eigenvalue weighted by molar-refractivity contribution is 6.31. The lowest BCUT2D eigenvalue weighted by atomic mass is 9.81. The topological polar surface area (TPSA) is 190 Å². The molecule has 0 aliphatic heterocycles. The van der Waals surface area contributed by atoms with Crippen LogP contribution in [0.1, 0.15) is 55.6 Å². The molecule has 0 saturated carbocycles. The third kappa shape index (κ3) is 4.88. The van der Waals surface area contributed by atoms with Gasteiger partial charge in [0.1, 0.15) is 47.6 Å². The first-order chi connectivity index (χ1) is 23.8. The highest BCUT2D eigenvalue weighted by Crippen LogP contribution is 2.62. The van der Waals surface area contributed by atoms with Gasteiger partial charge in [-0.05, 0) is 35.4 Å². The van der Waals surface area contributed by atoms with E-state index in [9.17, 15) is 42.1 Å². The summed E-state index contributed by atoms with van der Waals surface area (Å²) >= 11 is 0. The largest absolute Gasteiger partial charge is 0.417 e. The molecular weight excluding hydrogens is 658 g/mol. The van der Waals surface area contributed by atoms with Gasteiger partial charge in [0.05, 0.1) is 45.5 Å². The Morgan fingerprint density at radius 1 is 0.420 bits per heavy atom. The summed E-state index contributed by atoms with van der Waals surface area (Å²) in [5, 5.41) is 78.8. The maximum Gasteiger partial charge on any atom is 0.417 e. The Morgan fingerprint density at radius 3 is 0.940 bits per heavy atom. The molecular formula is C36H8F6N8. The van der Waals surface area contributed by atoms with Crippen molar-refractivity contribution in [3.8, 4) is 48.6 Å². The molecule has 234 valence electrons. The first-order valence-corrected chi connectivity index (χ1v) is 13.6. The second kappa shape index (κ2) is 12.0. The summed E-state index contributed by atoms with van der Waals surface area (Å²) < 4.78 is 93.2. The SMILES string of the molecule is N#CC(C#N)=C1C(c2ccc(C#N)cc2)=C(C#N)c2c1c(C(F)(F)F)c1c(c2C(F)(F)F)C(=C(C#N)C#N)C(c2ccc(C#N)cc2)=C1C#N. The second-order valence-electron chi connectivity index (χ2n) is 10.3. The summed E-state index contributed by atoms with van der Waals surface area (Å²) in [6.07, 6.45) is -11.3. The predicted octanol–water partition coefficient (Wildman–Crippen LogP) is 7.97. The molecule has 0 atom stereocenters. The molecule has 0 radical (unpaired) electrons. The van der Waals surface area contributed by atoms with E-state index in [-0.39, 0.29) is 22.3 Å². The zero-order valence-corrected chi connectivity index (χ0v) is 24.5. The van der Waals surface area contributed by atoms with Crippen LogP contribution in [-0.4, -0.2) is 0 Å². The monoisotopic (exact) mass is 666 g/mol. The molecule has 0 fully saturated rings. The molecule has 50 heavy (non-hydrogen) atoms. The van der Waals surface area contributed by atoms with E-state index in [0.717, 1.165) is 48.5 Å². The van der Waals surface area contributed by atoms with Gasteiger partial charge in [0, 0.05) is 44.5 Å². The molecule has 0 heterocycles. The van der Waals surface area contributed by atoms with Gasteiger partial charge in [-0.15, -0.1) is 0 Å². The number of nitriles is 8. The number of hydrogen-bond donors (Lipinski definition) is 0. The first-order valence-electron chi connectivity index (χ1n) is 13.6. The molecule has 8 nitrogen and oxygen atoms in total. The van der Waals surface area contributed by atoms with Crippen LogP contribution in [0.25, 0.3) is 33.4 Å². The molecule has 0 amide bonds. The summed E-state index contributed by atoms with van der Waals surface area (Å²) in [5.74, 6) is 0. The average Bonchev–Trinajstić information content (AvgIpc) is 3.60. The van der Waals surface area contributed by atoms with Crippen molar-refractivity contribution in [1.29, 1.82) is 42.1 Å². The molecule has 0 bridgehead atoms. The van der Waals surface area contributed by atoms with Crippen LogP contribution in [-0.2, 0) is 12.4 Å². The fraction of sp³-hybridized carbons (Fsp3) is 0.0556. The molecule has 0 unspecified atom stereocenters. The summed E-state index contributed by atoms with van der Waals surface area (Å²) in [6, 6.07) is 21.2. The van der Waals surface area contributed by atoms with E-state index >= 15 is 26.3 Å². The highest BCUT2D eigenvalue weighted by atomic mass is 19.4. The van der Waals surface area contributed by atoms with Crippen molar-refractivity contribution in [1.82, 2.24) is 0 Å². The molecule has 0 saturated heterocycles. The van der Waals surface area contributed by atoms with Gasteiger partial charge < -0.3 is 0 Å². The van der Waals surface area contributed by atoms with Gasteiger partial charge in [0.2, 0.25) is 0 Å². The van der Waals surface area contributed by atoms with E-state index in [1.807, 2.05) is 0 Å². The minimum Gasteiger partial charge on any atom is -0.192 e. The Morgan fingerprint density at radius 2 is 0.720 bits per heavy atom. The van der Waals surface area contributed by atoms with Crippen LogP contribution in [0, 0.1) is 90.6 Å². The van der Waals surface area contributed by atoms with Crippen molar-refractivity contribution in [2.45, 2.75) is 12.4 Å². The number of halogens is 6. The molecule has 5 rings (SSSR count). The molecule has 0 N–H and O–H groups in total. The van der Waals surface area contributed by atoms with Crippen LogP contribution in [0.15, 0.2) is 59.7 Å². The minimum atomic E-state index is -5.66. The van der Waals surface area contributed by atoms with Gasteiger partial charge in [-0.25, -0.2) is 0 Å². The molecule has 2 aliphatic carbocycles. The zero-order valence-electron chi connectivity index (χ0n) is 24.5. The van der Waals surface area contributed by atoms with Crippen molar-refractivity contribution in [3.05, 3.63) is 115 Å². The highest BCUT2D eigenvalue weighted by Gasteiger charge is 2.54. The number of nitrogens with zero attached hydrogens (tertiary/aromatic N) is 8. The molecule has 0 spiro atoms. The molecule has 0 aromatic heterocycles. The summed E-state index contributed by atoms with van der Waals surface area (Å²) in [6.45, 7) is 0. The van der Waals surface area contributed by atoms with Crippen molar-refractivity contribution in [2.24, 2.45) is 0 Å². The smallest absolute Gasteiger partial charge is 0.192 e. The second-order valence-corrected chi connectivity index (χ2v) is 10.3. The third-order valence-electron chi connectivity index (χ3n) is 7.84. The van der Waals surface area contributed by atoms with Gasteiger partial charge in [-0.3, -0.25) is 0 Å². The standard InChI is InChI=1S/C36H8F6N8/c37-35(38,39)33-29-23(15-49)25(19-5-1-17(9-43)2-6-19)27(21(11-45)12-46)31(29)34(36(40,41)42)30-24(16-50)26(20-7-3-18(10-44)4-8-20)28(32(30)33)22(13-47)14-48/h1-8H. The minimum absolute atomic E-state index is 0.0232. The zero-order chi connectivity index (χ0) is 36.7. The Balaban J connectivity index is 2.20. The lowest BCUT2D eigenvalue weighted by Crippen LogP contribution is -2.20. The number of fused-ring (bicyclic) bond motifs is 2. The van der Waals surface area contributed by atoms with Gasteiger partial charge in [-0.1, -0.05) is 24.3 Å². The van der Waals surface area contributed by atoms with E-state index in [2.05, 4.69) is 0 Å². The van der Waals surface area contributed by atoms with E-state index in [0.29, 0.717) is 0 Å². The van der Waals surface area contributed by atoms with Crippen molar-refractivity contribution in [3.63, 3.8) is 0 Å². The summed E-state index contributed by atoms with van der Waals surface area (Å²) in [7, 11) is 0. The Hall–Kier alpha value is -7.88. The quantitative estimate of drug-likeness (QED) is 0.194. The molecule has 3 aromatic rings. The van der Waals surface area contributed by atoms with Crippen molar-refractivity contribution < 1.29 is 26.3 Å². The lowest BCUT2D eigenvalue weighted by molar-refractivity contribution is -0.141. The molecule has 3 aromatic carbocycles. The fourth-order valence-electron chi connectivity index (χ4n) is 6.06. The van der Waals surface area contributed by atoms with Crippen LogP contribution in [0.2, 0.25) is 0 Å². The Labute approximate surface area is 277 Å². The number of rotatable bonds is 2.